The fraction of sp³-hybridized carbons (Fsp3) is 0.562. The molecule has 1 atom stereocenters. The van der Waals surface area contributed by atoms with Crippen LogP contribution in [0.3, 0.4) is 0 Å². The second kappa shape index (κ2) is 7.29. The first-order valence-electron chi connectivity index (χ1n) is 7.00. The number of hydrogen-bond acceptors (Lipinski definition) is 4. The molecule has 1 N–H and O–H groups in total. The molecular weight excluding hydrogens is 254 g/mol. The largest absolute Gasteiger partial charge is 0.497 e. The number of hydrogen-bond donors (Lipinski definition) is 1. The van der Waals surface area contributed by atoms with Crippen LogP contribution in [0.2, 0.25) is 0 Å². The topological polar surface area (TPSA) is 47.6 Å². The standard InChI is InChI=1S/C16H25NO3/c1-6-20-15(18)16(4,17-11-12(2)3)13-8-7-9-14(10-13)19-5/h7-10,12,17H,6,11H2,1-5H3. The second-order valence-corrected chi connectivity index (χ2v) is 5.35. The highest BCUT2D eigenvalue weighted by atomic mass is 16.5. The molecule has 0 heterocycles. The SMILES string of the molecule is CCOC(=O)C(C)(NCC(C)C)c1cccc(OC)c1. The Bertz CT molecular complexity index is 445. The predicted octanol–water partition coefficient (Wildman–Crippen LogP) is 2.72. The highest BCUT2D eigenvalue weighted by Crippen LogP contribution is 2.26. The second-order valence-electron chi connectivity index (χ2n) is 5.35. The monoisotopic (exact) mass is 279 g/mol. The lowest BCUT2D eigenvalue weighted by Gasteiger charge is -2.30. The van der Waals surface area contributed by atoms with Gasteiger partial charge in [-0.05, 0) is 44.0 Å². The molecule has 4 nitrogen and oxygen atoms in total. The van der Waals surface area contributed by atoms with Crippen molar-refractivity contribution in [3.05, 3.63) is 29.8 Å². The number of benzene rings is 1. The first kappa shape index (κ1) is 16.5. The zero-order valence-electron chi connectivity index (χ0n) is 13.0. The van der Waals surface area contributed by atoms with Crippen LogP contribution in [0.4, 0.5) is 0 Å². The summed E-state index contributed by atoms with van der Waals surface area (Å²) in [5, 5.41) is 3.32. The van der Waals surface area contributed by atoms with Gasteiger partial charge in [-0.1, -0.05) is 26.0 Å². The van der Waals surface area contributed by atoms with Crippen molar-refractivity contribution in [2.75, 3.05) is 20.3 Å². The molecule has 0 aliphatic heterocycles. The van der Waals surface area contributed by atoms with Crippen molar-refractivity contribution < 1.29 is 14.3 Å². The van der Waals surface area contributed by atoms with Crippen molar-refractivity contribution in [3.63, 3.8) is 0 Å². The molecule has 0 aliphatic carbocycles. The van der Waals surface area contributed by atoms with Crippen LogP contribution in [0.25, 0.3) is 0 Å². The van der Waals surface area contributed by atoms with Crippen LogP contribution < -0.4 is 10.1 Å². The van der Waals surface area contributed by atoms with E-state index in [4.69, 9.17) is 9.47 Å². The fourth-order valence-electron chi connectivity index (χ4n) is 1.91. The quantitative estimate of drug-likeness (QED) is 0.780. The summed E-state index contributed by atoms with van der Waals surface area (Å²) in [6.45, 7) is 8.96. The highest BCUT2D eigenvalue weighted by molar-refractivity contribution is 5.82. The minimum atomic E-state index is -0.866. The Morgan fingerprint density at radius 2 is 2.10 bits per heavy atom. The summed E-state index contributed by atoms with van der Waals surface area (Å²) in [5.74, 6) is 0.896. The van der Waals surface area contributed by atoms with Gasteiger partial charge < -0.3 is 9.47 Å². The van der Waals surface area contributed by atoms with Crippen molar-refractivity contribution in [2.45, 2.75) is 33.2 Å². The van der Waals surface area contributed by atoms with E-state index in [0.29, 0.717) is 12.5 Å². The molecule has 20 heavy (non-hydrogen) atoms. The molecule has 0 amide bonds. The number of esters is 1. The molecule has 4 heteroatoms. The summed E-state index contributed by atoms with van der Waals surface area (Å²) in [5.41, 5.74) is -0.0228. The van der Waals surface area contributed by atoms with Gasteiger partial charge in [0.25, 0.3) is 0 Å². The third kappa shape index (κ3) is 3.97. The smallest absolute Gasteiger partial charge is 0.330 e. The number of carbonyl (C=O) groups is 1. The maximum absolute atomic E-state index is 12.4. The average molecular weight is 279 g/mol. The van der Waals surface area contributed by atoms with Crippen LogP contribution in [0.5, 0.6) is 5.75 Å². The molecule has 0 aromatic heterocycles. The van der Waals surface area contributed by atoms with E-state index in [2.05, 4.69) is 19.2 Å². The summed E-state index contributed by atoms with van der Waals surface area (Å²) in [7, 11) is 1.61. The molecule has 0 saturated carbocycles. The molecule has 0 aliphatic rings. The number of nitrogens with one attached hydrogen (secondary N) is 1. The maximum Gasteiger partial charge on any atom is 0.330 e. The van der Waals surface area contributed by atoms with Gasteiger partial charge in [0.1, 0.15) is 11.3 Å². The van der Waals surface area contributed by atoms with Gasteiger partial charge in [-0.2, -0.15) is 0 Å². The van der Waals surface area contributed by atoms with Crippen molar-refractivity contribution in [2.24, 2.45) is 5.92 Å². The van der Waals surface area contributed by atoms with Gasteiger partial charge in [0, 0.05) is 0 Å². The Kier molecular flexibility index (Phi) is 6.02. The van der Waals surface area contributed by atoms with Crippen molar-refractivity contribution in [1.82, 2.24) is 5.32 Å². The molecule has 0 bridgehead atoms. The maximum atomic E-state index is 12.4. The minimum Gasteiger partial charge on any atom is -0.497 e. The van der Waals surface area contributed by atoms with Crippen LogP contribution in [0.1, 0.15) is 33.3 Å². The minimum absolute atomic E-state index is 0.270. The molecular formula is C16H25NO3. The summed E-state index contributed by atoms with van der Waals surface area (Å²) >= 11 is 0. The van der Waals surface area contributed by atoms with Gasteiger partial charge >= 0.3 is 5.97 Å². The van der Waals surface area contributed by atoms with Crippen molar-refractivity contribution in [3.8, 4) is 5.75 Å². The number of carbonyl (C=O) groups excluding carboxylic acids is 1. The highest BCUT2D eigenvalue weighted by Gasteiger charge is 2.36. The molecule has 1 rings (SSSR count). The molecule has 1 aromatic rings. The number of rotatable bonds is 7. The van der Waals surface area contributed by atoms with E-state index in [1.165, 1.54) is 0 Å². The van der Waals surface area contributed by atoms with Gasteiger partial charge in [-0.15, -0.1) is 0 Å². The molecule has 0 saturated heterocycles. The van der Waals surface area contributed by atoms with Crippen molar-refractivity contribution >= 4 is 5.97 Å². The van der Waals surface area contributed by atoms with E-state index in [-0.39, 0.29) is 5.97 Å². The fourth-order valence-corrected chi connectivity index (χ4v) is 1.91. The van der Waals surface area contributed by atoms with Gasteiger partial charge in [0.15, 0.2) is 0 Å². The number of methoxy groups -OCH3 is 1. The Balaban J connectivity index is 3.10. The first-order chi connectivity index (χ1) is 9.43. The molecule has 1 aromatic carbocycles. The predicted molar refractivity (Wildman–Crippen MR) is 79.8 cm³/mol. The third-order valence-electron chi connectivity index (χ3n) is 3.19. The Morgan fingerprint density at radius 1 is 1.40 bits per heavy atom. The lowest BCUT2D eigenvalue weighted by atomic mass is 9.91. The Morgan fingerprint density at radius 3 is 2.65 bits per heavy atom. The molecule has 0 radical (unpaired) electrons. The summed E-state index contributed by atoms with van der Waals surface area (Å²) < 4.78 is 10.5. The summed E-state index contributed by atoms with van der Waals surface area (Å²) in [4.78, 5) is 12.4. The lowest BCUT2D eigenvalue weighted by Crippen LogP contribution is -2.49. The Labute approximate surface area is 121 Å². The van der Waals surface area contributed by atoms with Crippen LogP contribution >= 0.6 is 0 Å². The van der Waals surface area contributed by atoms with E-state index < -0.39 is 5.54 Å². The molecule has 0 fully saturated rings. The van der Waals surface area contributed by atoms with Crippen LogP contribution in [0.15, 0.2) is 24.3 Å². The van der Waals surface area contributed by atoms with Crippen LogP contribution in [0, 0.1) is 5.92 Å². The van der Waals surface area contributed by atoms with E-state index in [1.807, 2.05) is 38.1 Å². The zero-order chi connectivity index (χ0) is 15.2. The van der Waals surface area contributed by atoms with Gasteiger partial charge in [-0.25, -0.2) is 4.79 Å². The average Bonchev–Trinajstić information content (AvgIpc) is 2.45. The first-order valence-corrected chi connectivity index (χ1v) is 7.00. The zero-order valence-corrected chi connectivity index (χ0v) is 13.0. The molecule has 112 valence electrons. The van der Waals surface area contributed by atoms with Gasteiger partial charge in [-0.3, -0.25) is 5.32 Å². The number of ether oxygens (including phenoxy) is 2. The molecule has 0 spiro atoms. The van der Waals surface area contributed by atoms with Crippen LogP contribution in [-0.2, 0) is 15.1 Å². The van der Waals surface area contributed by atoms with Crippen molar-refractivity contribution in [1.29, 1.82) is 0 Å². The lowest BCUT2D eigenvalue weighted by molar-refractivity contribution is -0.151. The van der Waals surface area contributed by atoms with Crippen LogP contribution in [-0.4, -0.2) is 26.2 Å². The summed E-state index contributed by atoms with van der Waals surface area (Å²) in [6.07, 6.45) is 0. The van der Waals surface area contributed by atoms with E-state index in [0.717, 1.165) is 17.9 Å². The molecule has 1 unspecified atom stereocenters. The normalized spacial score (nSPS) is 13.9. The third-order valence-corrected chi connectivity index (χ3v) is 3.19. The van der Waals surface area contributed by atoms with E-state index in [1.54, 1.807) is 7.11 Å². The van der Waals surface area contributed by atoms with Gasteiger partial charge in [0.05, 0.1) is 13.7 Å². The van der Waals surface area contributed by atoms with E-state index in [9.17, 15) is 4.79 Å². The Hall–Kier alpha value is -1.55. The van der Waals surface area contributed by atoms with Gasteiger partial charge in [0.2, 0.25) is 0 Å². The van der Waals surface area contributed by atoms with E-state index >= 15 is 0 Å². The summed E-state index contributed by atoms with van der Waals surface area (Å²) in [6, 6.07) is 7.51.